The topological polar surface area (TPSA) is 64.3 Å². The molecule has 0 radical (unpaired) electrons. The zero-order chi connectivity index (χ0) is 11.1. The molecule has 0 heterocycles. The molecule has 0 aliphatic heterocycles. The van der Waals surface area contributed by atoms with Gasteiger partial charge in [0.1, 0.15) is 5.75 Å². The van der Waals surface area contributed by atoms with Crippen LogP contribution >= 0.6 is 0 Å². The van der Waals surface area contributed by atoms with Crippen molar-refractivity contribution in [2.45, 2.75) is 13.5 Å². The molecule has 0 aliphatic rings. The first-order chi connectivity index (χ1) is 7.27. The number of hydrogen-bond donors (Lipinski definition) is 2. The van der Waals surface area contributed by atoms with Gasteiger partial charge >= 0.3 is 0 Å². The molecule has 3 N–H and O–H groups in total. The van der Waals surface area contributed by atoms with E-state index in [-0.39, 0.29) is 12.5 Å². The Morgan fingerprint density at radius 1 is 1.47 bits per heavy atom. The Kier molecular flexibility index (Phi) is 4.63. The van der Waals surface area contributed by atoms with Gasteiger partial charge in [0, 0.05) is 12.1 Å². The predicted molar refractivity (Wildman–Crippen MR) is 58.5 cm³/mol. The molecule has 0 unspecified atom stereocenters. The van der Waals surface area contributed by atoms with Crippen molar-refractivity contribution in [2.75, 3.05) is 13.2 Å². The van der Waals surface area contributed by atoms with E-state index in [0.717, 1.165) is 11.3 Å². The molecule has 15 heavy (non-hydrogen) atoms. The molecule has 0 spiro atoms. The van der Waals surface area contributed by atoms with Gasteiger partial charge in [-0.3, -0.25) is 4.79 Å². The number of para-hydroxylation sites is 1. The zero-order valence-corrected chi connectivity index (χ0v) is 8.82. The summed E-state index contributed by atoms with van der Waals surface area (Å²) in [5.41, 5.74) is 6.15. The van der Waals surface area contributed by atoms with E-state index >= 15 is 0 Å². The molecule has 0 saturated heterocycles. The number of hydrogen-bond acceptors (Lipinski definition) is 3. The van der Waals surface area contributed by atoms with E-state index in [0.29, 0.717) is 13.2 Å². The number of carbonyl (C=O) groups excluding carboxylic acids is 1. The predicted octanol–water partition coefficient (Wildman–Crippen LogP) is 0.660. The number of benzene rings is 1. The van der Waals surface area contributed by atoms with Crippen molar-refractivity contribution in [3.8, 4) is 5.75 Å². The normalized spacial score (nSPS) is 9.73. The molecule has 0 atom stereocenters. The summed E-state index contributed by atoms with van der Waals surface area (Å²) in [5, 5.41) is 2.70. The van der Waals surface area contributed by atoms with Gasteiger partial charge in [-0.2, -0.15) is 0 Å². The molecule has 4 heteroatoms. The molecule has 0 aromatic heterocycles. The second-order valence-electron chi connectivity index (χ2n) is 3.02. The Labute approximate surface area is 89.4 Å². The van der Waals surface area contributed by atoms with Crippen LogP contribution in [0.5, 0.6) is 5.75 Å². The molecule has 1 amide bonds. The molecule has 0 saturated carbocycles. The fourth-order valence-corrected chi connectivity index (χ4v) is 1.21. The lowest BCUT2D eigenvalue weighted by atomic mass is 10.2. The van der Waals surface area contributed by atoms with Gasteiger partial charge in [-0.25, -0.2) is 0 Å². The third-order valence-electron chi connectivity index (χ3n) is 1.93. The Balaban J connectivity index is 2.62. The lowest BCUT2D eigenvalue weighted by Gasteiger charge is -2.10. The van der Waals surface area contributed by atoms with Crippen molar-refractivity contribution in [3.63, 3.8) is 0 Å². The average molecular weight is 208 g/mol. The highest BCUT2D eigenvalue weighted by atomic mass is 16.5. The van der Waals surface area contributed by atoms with Crippen LogP contribution in [0.2, 0.25) is 0 Å². The Morgan fingerprint density at radius 3 is 2.87 bits per heavy atom. The van der Waals surface area contributed by atoms with Gasteiger partial charge in [0.15, 0.2) is 0 Å². The monoisotopic (exact) mass is 208 g/mol. The zero-order valence-electron chi connectivity index (χ0n) is 8.82. The van der Waals surface area contributed by atoms with Crippen LogP contribution in [0.25, 0.3) is 0 Å². The second kappa shape index (κ2) is 6.03. The number of nitrogens with two attached hydrogens (primary N) is 1. The first-order valence-corrected chi connectivity index (χ1v) is 4.95. The van der Waals surface area contributed by atoms with Crippen molar-refractivity contribution in [3.05, 3.63) is 29.8 Å². The number of amides is 1. The summed E-state index contributed by atoms with van der Waals surface area (Å²) in [4.78, 5) is 11.0. The van der Waals surface area contributed by atoms with Gasteiger partial charge in [0.2, 0.25) is 5.91 Å². The summed E-state index contributed by atoms with van der Waals surface area (Å²) in [6, 6.07) is 7.61. The summed E-state index contributed by atoms with van der Waals surface area (Å²) >= 11 is 0. The van der Waals surface area contributed by atoms with Gasteiger partial charge in [0.05, 0.1) is 13.2 Å². The van der Waals surface area contributed by atoms with E-state index < -0.39 is 0 Å². The lowest BCUT2D eigenvalue weighted by molar-refractivity contribution is -0.119. The van der Waals surface area contributed by atoms with E-state index in [1.165, 1.54) is 0 Å². The fraction of sp³-hybridized carbons (Fsp3) is 0.364. The molecule has 1 rings (SSSR count). The third-order valence-corrected chi connectivity index (χ3v) is 1.93. The standard InChI is InChI=1S/C11H16N2O2/c1-2-15-10-6-4-3-5-9(10)8-13-11(14)7-12/h3-6H,2,7-8,12H2,1H3,(H,13,14). The molecule has 0 aliphatic carbocycles. The van der Waals surface area contributed by atoms with Crippen molar-refractivity contribution >= 4 is 5.91 Å². The molecule has 1 aromatic carbocycles. The molecular weight excluding hydrogens is 192 g/mol. The van der Waals surface area contributed by atoms with Crippen LogP contribution in [-0.2, 0) is 11.3 Å². The van der Waals surface area contributed by atoms with E-state index in [9.17, 15) is 4.79 Å². The maximum atomic E-state index is 11.0. The van der Waals surface area contributed by atoms with E-state index in [2.05, 4.69) is 5.32 Å². The molecule has 4 nitrogen and oxygen atoms in total. The Morgan fingerprint density at radius 2 is 2.20 bits per heavy atom. The van der Waals surface area contributed by atoms with E-state index in [1.807, 2.05) is 31.2 Å². The maximum absolute atomic E-state index is 11.0. The molecule has 1 aromatic rings. The highest BCUT2D eigenvalue weighted by molar-refractivity contribution is 5.77. The van der Waals surface area contributed by atoms with Gasteiger partial charge in [-0.1, -0.05) is 18.2 Å². The minimum absolute atomic E-state index is 0.0107. The summed E-state index contributed by atoms with van der Waals surface area (Å²) < 4.78 is 5.42. The van der Waals surface area contributed by atoms with E-state index in [1.54, 1.807) is 0 Å². The van der Waals surface area contributed by atoms with E-state index in [4.69, 9.17) is 10.5 Å². The quantitative estimate of drug-likeness (QED) is 0.747. The Hall–Kier alpha value is -1.55. The van der Waals surface area contributed by atoms with Crippen LogP contribution in [0, 0.1) is 0 Å². The first kappa shape index (κ1) is 11.5. The third kappa shape index (κ3) is 3.59. The minimum Gasteiger partial charge on any atom is -0.494 e. The number of rotatable bonds is 5. The molecule has 0 fully saturated rings. The highest BCUT2D eigenvalue weighted by Crippen LogP contribution is 2.17. The van der Waals surface area contributed by atoms with Crippen LogP contribution in [-0.4, -0.2) is 19.1 Å². The van der Waals surface area contributed by atoms with Crippen LogP contribution in [0.3, 0.4) is 0 Å². The second-order valence-corrected chi connectivity index (χ2v) is 3.02. The number of ether oxygens (including phenoxy) is 1. The first-order valence-electron chi connectivity index (χ1n) is 4.95. The number of nitrogens with one attached hydrogen (secondary N) is 1. The summed E-state index contributed by atoms with van der Waals surface area (Å²) in [5.74, 6) is 0.638. The summed E-state index contributed by atoms with van der Waals surface area (Å²) in [6.45, 7) is 3.00. The van der Waals surface area contributed by atoms with Gasteiger partial charge < -0.3 is 15.8 Å². The fourth-order valence-electron chi connectivity index (χ4n) is 1.21. The largest absolute Gasteiger partial charge is 0.494 e. The summed E-state index contributed by atoms with van der Waals surface area (Å²) in [7, 11) is 0. The average Bonchev–Trinajstić information content (AvgIpc) is 2.28. The number of carbonyl (C=O) groups is 1. The lowest BCUT2D eigenvalue weighted by Crippen LogP contribution is -2.29. The highest BCUT2D eigenvalue weighted by Gasteiger charge is 2.03. The van der Waals surface area contributed by atoms with Gasteiger partial charge in [-0.15, -0.1) is 0 Å². The Bertz CT molecular complexity index is 326. The molecule has 0 bridgehead atoms. The van der Waals surface area contributed by atoms with Crippen LogP contribution in [0.4, 0.5) is 0 Å². The van der Waals surface area contributed by atoms with Crippen LogP contribution in [0.1, 0.15) is 12.5 Å². The van der Waals surface area contributed by atoms with Crippen LogP contribution < -0.4 is 15.8 Å². The van der Waals surface area contributed by atoms with Crippen molar-refractivity contribution in [1.82, 2.24) is 5.32 Å². The smallest absolute Gasteiger partial charge is 0.234 e. The minimum atomic E-state index is -0.165. The van der Waals surface area contributed by atoms with Gasteiger partial charge in [0.25, 0.3) is 0 Å². The molecular formula is C11H16N2O2. The van der Waals surface area contributed by atoms with Gasteiger partial charge in [-0.05, 0) is 13.0 Å². The summed E-state index contributed by atoms with van der Waals surface area (Å²) in [6.07, 6.45) is 0. The van der Waals surface area contributed by atoms with Crippen molar-refractivity contribution in [1.29, 1.82) is 0 Å². The van der Waals surface area contributed by atoms with Crippen molar-refractivity contribution in [2.24, 2.45) is 5.73 Å². The molecule has 82 valence electrons. The van der Waals surface area contributed by atoms with Crippen molar-refractivity contribution < 1.29 is 9.53 Å². The maximum Gasteiger partial charge on any atom is 0.234 e. The van der Waals surface area contributed by atoms with Crippen LogP contribution in [0.15, 0.2) is 24.3 Å². The SMILES string of the molecule is CCOc1ccccc1CNC(=O)CN.